The summed E-state index contributed by atoms with van der Waals surface area (Å²) in [5.41, 5.74) is 2.86. The smallest absolute Gasteiger partial charge is 0.124 e. The number of halogens is 1. The molecule has 1 unspecified atom stereocenters. The van der Waals surface area contributed by atoms with Crippen molar-refractivity contribution in [2.75, 3.05) is 5.75 Å². The lowest BCUT2D eigenvalue weighted by atomic mass is 10.1. The van der Waals surface area contributed by atoms with Gasteiger partial charge in [-0.3, -0.25) is 11.3 Å². The number of nitrogens with one attached hydrogen (secondary N) is 1. The molecule has 17 heavy (non-hydrogen) atoms. The molecule has 1 fully saturated rings. The molecule has 2 rings (SSSR count). The van der Waals surface area contributed by atoms with E-state index in [9.17, 15) is 4.39 Å². The first kappa shape index (κ1) is 12.9. The molecule has 94 valence electrons. The minimum Gasteiger partial charge on any atom is -0.271 e. The highest BCUT2D eigenvalue weighted by molar-refractivity contribution is 7.99. The van der Waals surface area contributed by atoms with Gasteiger partial charge in [-0.15, -0.1) is 11.8 Å². The SMILES string of the molecule is NNC(CCC1CC1)CSc1cccc(F)c1. The van der Waals surface area contributed by atoms with Crippen molar-refractivity contribution in [1.29, 1.82) is 0 Å². The number of hydrazine groups is 1. The fourth-order valence-electron chi connectivity index (χ4n) is 1.81. The van der Waals surface area contributed by atoms with Gasteiger partial charge in [0.2, 0.25) is 0 Å². The first-order valence-corrected chi connectivity index (χ1v) is 7.11. The molecular weight excluding hydrogens is 235 g/mol. The van der Waals surface area contributed by atoms with Crippen LogP contribution in [0, 0.1) is 11.7 Å². The number of hydrogen-bond acceptors (Lipinski definition) is 3. The molecule has 0 radical (unpaired) electrons. The van der Waals surface area contributed by atoms with Gasteiger partial charge in [-0.05, 0) is 37.0 Å². The summed E-state index contributed by atoms with van der Waals surface area (Å²) in [5.74, 6) is 7.19. The molecule has 1 aromatic carbocycles. The van der Waals surface area contributed by atoms with Gasteiger partial charge in [0, 0.05) is 16.7 Å². The number of benzene rings is 1. The zero-order chi connectivity index (χ0) is 12.1. The van der Waals surface area contributed by atoms with Crippen molar-refractivity contribution >= 4 is 11.8 Å². The van der Waals surface area contributed by atoms with Gasteiger partial charge in [0.25, 0.3) is 0 Å². The maximum Gasteiger partial charge on any atom is 0.124 e. The van der Waals surface area contributed by atoms with Crippen LogP contribution in [0.3, 0.4) is 0 Å². The van der Waals surface area contributed by atoms with Crippen LogP contribution in [0.1, 0.15) is 25.7 Å². The van der Waals surface area contributed by atoms with E-state index in [1.54, 1.807) is 23.9 Å². The Morgan fingerprint density at radius 3 is 2.94 bits per heavy atom. The molecule has 0 bridgehead atoms. The highest BCUT2D eigenvalue weighted by Gasteiger charge is 2.22. The largest absolute Gasteiger partial charge is 0.271 e. The minimum atomic E-state index is -0.176. The van der Waals surface area contributed by atoms with E-state index < -0.39 is 0 Å². The van der Waals surface area contributed by atoms with Crippen molar-refractivity contribution in [3.8, 4) is 0 Å². The maximum atomic E-state index is 13.0. The summed E-state index contributed by atoms with van der Waals surface area (Å²) >= 11 is 1.66. The molecule has 0 aliphatic heterocycles. The molecule has 0 amide bonds. The molecule has 4 heteroatoms. The third-order valence-corrected chi connectivity index (χ3v) is 4.26. The second-order valence-corrected chi connectivity index (χ2v) is 5.75. The lowest BCUT2D eigenvalue weighted by Gasteiger charge is -2.15. The van der Waals surface area contributed by atoms with Crippen molar-refractivity contribution in [2.24, 2.45) is 11.8 Å². The van der Waals surface area contributed by atoms with Crippen molar-refractivity contribution in [3.63, 3.8) is 0 Å². The second kappa shape index (κ2) is 6.38. The average Bonchev–Trinajstić information content (AvgIpc) is 3.13. The monoisotopic (exact) mass is 254 g/mol. The van der Waals surface area contributed by atoms with Crippen molar-refractivity contribution in [2.45, 2.75) is 36.6 Å². The highest BCUT2D eigenvalue weighted by atomic mass is 32.2. The Kier molecular flexibility index (Phi) is 4.83. The van der Waals surface area contributed by atoms with E-state index in [0.29, 0.717) is 6.04 Å². The zero-order valence-corrected chi connectivity index (χ0v) is 10.7. The van der Waals surface area contributed by atoms with Gasteiger partial charge < -0.3 is 0 Å². The topological polar surface area (TPSA) is 38.0 Å². The van der Waals surface area contributed by atoms with Gasteiger partial charge in [-0.2, -0.15) is 0 Å². The van der Waals surface area contributed by atoms with Gasteiger partial charge in [0.1, 0.15) is 5.82 Å². The van der Waals surface area contributed by atoms with Gasteiger partial charge in [0.15, 0.2) is 0 Å². The van der Waals surface area contributed by atoms with Crippen molar-refractivity contribution in [3.05, 3.63) is 30.1 Å². The Morgan fingerprint density at radius 2 is 2.29 bits per heavy atom. The summed E-state index contributed by atoms with van der Waals surface area (Å²) in [7, 11) is 0. The summed E-state index contributed by atoms with van der Waals surface area (Å²) in [5, 5.41) is 0. The van der Waals surface area contributed by atoms with Crippen LogP contribution < -0.4 is 11.3 Å². The van der Waals surface area contributed by atoms with E-state index in [2.05, 4.69) is 5.43 Å². The van der Waals surface area contributed by atoms with Crippen LogP contribution in [0.4, 0.5) is 4.39 Å². The van der Waals surface area contributed by atoms with Crippen molar-refractivity contribution < 1.29 is 4.39 Å². The predicted octanol–water partition coefficient (Wildman–Crippen LogP) is 2.94. The van der Waals surface area contributed by atoms with Crippen LogP contribution >= 0.6 is 11.8 Å². The van der Waals surface area contributed by atoms with E-state index in [4.69, 9.17) is 5.84 Å². The third-order valence-electron chi connectivity index (χ3n) is 3.10. The molecule has 0 aromatic heterocycles. The Labute approximate surface area is 106 Å². The Hall–Kier alpha value is -0.580. The van der Waals surface area contributed by atoms with Gasteiger partial charge in [-0.25, -0.2) is 4.39 Å². The summed E-state index contributed by atoms with van der Waals surface area (Å²) in [6.45, 7) is 0. The van der Waals surface area contributed by atoms with Crippen LogP contribution in [0.25, 0.3) is 0 Å². The molecule has 0 spiro atoms. The lowest BCUT2D eigenvalue weighted by Crippen LogP contribution is -2.37. The van der Waals surface area contributed by atoms with Crippen LogP contribution in [0.2, 0.25) is 0 Å². The maximum absolute atomic E-state index is 13.0. The quantitative estimate of drug-likeness (QED) is 0.446. The summed E-state index contributed by atoms with van der Waals surface area (Å²) in [6.07, 6.45) is 5.14. The average molecular weight is 254 g/mol. The van der Waals surface area contributed by atoms with Crippen LogP contribution in [-0.4, -0.2) is 11.8 Å². The van der Waals surface area contributed by atoms with E-state index in [1.807, 2.05) is 6.07 Å². The summed E-state index contributed by atoms with van der Waals surface area (Å²) in [6, 6.07) is 7.04. The van der Waals surface area contributed by atoms with Gasteiger partial charge in [-0.1, -0.05) is 18.9 Å². The van der Waals surface area contributed by atoms with E-state index in [0.717, 1.165) is 23.0 Å². The zero-order valence-electron chi connectivity index (χ0n) is 9.86. The second-order valence-electron chi connectivity index (χ2n) is 4.65. The van der Waals surface area contributed by atoms with E-state index in [1.165, 1.54) is 25.3 Å². The molecule has 1 saturated carbocycles. The molecular formula is C13H19FN2S. The summed E-state index contributed by atoms with van der Waals surface area (Å²) < 4.78 is 13.0. The van der Waals surface area contributed by atoms with Crippen LogP contribution in [0.15, 0.2) is 29.2 Å². The fourth-order valence-corrected chi connectivity index (χ4v) is 2.84. The number of thioether (sulfide) groups is 1. The van der Waals surface area contributed by atoms with E-state index in [-0.39, 0.29) is 5.82 Å². The van der Waals surface area contributed by atoms with Crippen LogP contribution in [-0.2, 0) is 0 Å². The minimum absolute atomic E-state index is 0.176. The van der Waals surface area contributed by atoms with Gasteiger partial charge in [0.05, 0.1) is 0 Å². The summed E-state index contributed by atoms with van der Waals surface area (Å²) in [4.78, 5) is 0.969. The van der Waals surface area contributed by atoms with Crippen LogP contribution in [0.5, 0.6) is 0 Å². The molecule has 3 N–H and O–H groups in total. The molecule has 0 saturated heterocycles. The molecule has 1 aliphatic rings. The molecule has 1 aromatic rings. The third kappa shape index (κ3) is 4.66. The first-order chi connectivity index (χ1) is 8.28. The Morgan fingerprint density at radius 1 is 1.47 bits per heavy atom. The molecule has 1 aliphatic carbocycles. The van der Waals surface area contributed by atoms with Crippen molar-refractivity contribution in [1.82, 2.24) is 5.43 Å². The fraction of sp³-hybridized carbons (Fsp3) is 0.538. The van der Waals surface area contributed by atoms with Gasteiger partial charge >= 0.3 is 0 Å². The predicted molar refractivity (Wildman–Crippen MR) is 70.2 cm³/mol. The lowest BCUT2D eigenvalue weighted by molar-refractivity contribution is 0.501. The normalized spacial score (nSPS) is 17.1. The Bertz CT molecular complexity index is 355. The highest BCUT2D eigenvalue weighted by Crippen LogP contribution is 2.34. The number of nitrogens with two attached hydrogens (primary N) is 1. The molecule has 0 heterocycles. The first-order valence-electron chi connectivity index (χ1n) is 6.12. The standard InChI is InChI=1S/C13H19FN2S/c14-11-2-1-3-13(8-11)17-9-12(16-15)7-6-10-4-5-10/h1-3,8,10,12,16H,4-7,9,15H2. The van der Waals surface area contributed by atoms with E-state index >= 15 is 0 Å². The number of rotatable bonds is 7. The molecule has 2 nitrogen and oxygen atoms in total. The number of hydrogen-bond donors (Lipinski definition) is 2. The molecule has 1 atom stereocenters. The Balaban J connectivity index is 1.74.